The average Bonchev–Trinajstić information content (AvgIpc) is 3.25. The van der Waals surface area contributed by atoms with Gasteiger partial charge in [-0.2, -0.15) is 0 Å². The van der Waals surface area contributed by atoms with Crippen molar-refractivity contribution in [2.75, 3.05) is 13.7 Å². The van der Waals surface area contributed by atoms with Crippen molar-refractivity contribution in [2.24, 2.45) is 0 Å². The number of benzene rings is 3. The van der Waals surface area contributed by atoms with Gasteiger partial charge < -0.3 is 24.3 Å². The van der Waals surface area contributed by atoms with Gasteiger partial charge in [-0.05, 0) is 67.1 Å². The molecular weight excluding hydrogens is 510 g/mol. The molecule has 1 atom stereocenters. The molecule has 4 rings (SSSR count). The summed E-state index contributed by atoms with van der Waals surface area (Å²) in [5, 5.41) is 2.60. The van der Waals surface area contributed by atoms with Gasteiger partial charge >= 0.3 is 18.0 Å². The molecule has 0 aliphatic heterocycles. The third-order valence-corrected chi connectivity index (χ3v) is 6.52. The summed E-state index contributed by atoms with van der Waals surface area (Å²) in [6.07, 6.45) is -0.846. The molecule has 8 nitrogen and oxygen atoms in total. The van der Waals surface area contributed by atoms with Crippen molar-refractivity contribution in [1.82, 2.24) is 5.32 Å². The van der Waals surface area contributed by atoms with E-state index in [0.717, 1.165) is 27.8 Å². The second-order valence-corrected chi connectivity index (χ2v) is 10.6. The highest BCUT2D eigenvalue weighted by molar-refractivity contribution is 5.83. The SMILES string of the molecule is COc1ccc(COC(=O)[C@H](CCC(=O)OC(C)(C)C)NC(=O)OCC2c3ccccc3-c3ccccc32)cc1. The normalized spacial score (nSPS) is 13.0. The van der Waals surface area contributed by atoms with Crippen molar-refractivity contribution in [3.8, 4) is 16.9 Å². The smallest absolute Gasteiger partial charge is 0.407 e. The summed E-state index contributed by atoms with van der Waals surface area (Å²) in [6.45, 7) is 5.39. The molecule has 0 fully saturated rings. The van der Waals surface area contributed by atoms with Gasteiger partial charge in [-0.15, -0.1) is 0 Å². The molecule has 1 aliphatic rings. The van der Waals surface area contributed by atoms with Crippen LogP contribution in [-0.2, 0) is 30.4 Å². The van der Waals surface area contributed by atoms with Crippen LogP contribution in [0.3, 0.4) is 0 Å². The average molecular weight is 546 g/mol. The van der Waals surface area contributed by atoms with Crippen LogP contribution in [0.4, 0.5) is 4.79 Å². The number of ether oxygens (including phenoxy) is 4. The van der Waals surface area contributed by atoms with Crippen LogP contribution >= 0.6 is 0 Å². The maximum absolute atomic E-state index is 13.0. The van der Waals surface area contributed by atoms with Crippen LogP contribution in [-0.4, -0.2) is 43.4 Å². The number of fused-ring (bicyclic) bond motifs is 3. The van der Waals surface area contributed by atoms with E-state index in [1.807, 2.05) is 36.4 Å². The van der Waals surface area contributed by atoms with E-state index in [2.05, 4.69) is 17.4 Å². The Morgan fingerprint density at radius 3 is 2.02 bits per heavy atom. The molecule has 0 spiro atoms. The number of alkyl carbamates (subject to hydrolysis) is 1. The van der Waals surface area contributed by atoms with Crippen LogP contribution in [0.5, 0.6) is 5.75 Å². The van der Waals surface area contributed by atoms with Crippen molar-refractivity contribution in [3.05, 3.63) is 89.5 Å². The summed E-state index contributed by atoms with van der Waals surface area (Å²) in [5.74, 6) is -0.592. The molecule has 0 radical (unpaired) electrons. The van der Waals surface area contributed by atoms with Gasteiger partial charge in [0.25, 0.3) is 0 Å². The van der Waals surface area contributed by atoms with E-state index in [1.165, 1.54) is 0 Å². The molecule has 0 saturated heterocycles. The fourth-order valence-electron chi connectivity index (χ4n) is 4.66. The van der Waals surface area contributed by atoms with Crippen molar-refractivity contribution < 1.29 is 33.3 Å². The summed E-state index contributed by atoms with van der Waals surface area (Å²) in [7, 11) is 1.57. The van der Waals surface area contributed by atoms with Crippen molar-refractivity contribution in [2.45, 2.75) is 57.8 Å². The first-order valence-corrected chi connectivity index (χ1v) is 13.3. The highest BCUT2D eigenvalue weighted by Crippen LogP contribution is 2.44. The second-order valence-electron chi connectivity index (χ2n) is 10.6. The quantitative estimate of drug-likeness (QED) is 0.255. The lowest BCUT2D eigenvalue weighted by atomic mass is 9.98. The standard InChI is InChI=1S/C32H35NO7/c1-32(2,3)40-29(34)18-17-28(30(35)38-19-21-13-15-22(37-4)16-14-21)33-31(36)39-20-27-25-11-7-5-9-23(25)24-10-6-8-12-26(24)27/h5-16,27-28H,17-20H2,1-4H3,(H,33,36)/t28-/m0/s1. The van der Waals surface area contributed by atoms with Crippen molar-refractivity contribution in [1.29, 1.82) is 0 Å². The zero-order valence-corrected chi connectivity index (χ0v) is 23.3. The number of amides is 1. The van der Waals surface area contributed by atoms with E-state index in [1.54, 1.807) is 52.1 Å². The summed E-state index contributed by atoms with van der Waals surface area (Å²) >= 11 is 0. The minimum absolute atomic E-state index is 0.000550. The van der Waals surface area contributed by atoms with Crippen LogP contribution in [0.1, 0.15) is 56.2 Å². The van der Waals surface area contributed by atoms with E-state index < -0.39 is 29.7 Å². The molecule has 0 unspecified atom stereocenters. The molecule has 1 amide bonds. The van der Waals surface area contributed by atoms with E-state index in [4.69, 9.17) is 18.9 Å². The van der Waals surface area contributed by atoms with Gasteiger partial charge in [-0.25, -0.2) is 9.59 Å². The Morgan fingerprint density at radius 1 is 0.850 bits per heavy atom. The Hall–Kier alpha value is -4.33. The molecule has 0 aromatic heterocycles. The van der Waals surface area contributed by atoms with E-state index >= 15 is 0 Å². The van der Waals surface area contributed by atoms with Crippen LogP contribution in [0.2, 0.25) is 0 Å². The Balaban J connectivity index is 1.40. The molecule has 210 valence electrons. The summed E-state index contributed by atoms with van der Waals surface area (Å²) in [6, 6.07) is 22.0. The number of rotatable bonds is 10. The maximum atomic E-state index is 13.0. The third kappa shape index (κ3) is 7.40. The molecule has 1 aliphatic carbocycles. The molecule has 0 bridgehead atoms. The number of methoxy groups -OCH3 is 1. The van der Waals surface area contributed by atoms with Crippen LogP contribution in [0.25, 0.3) is 11.1 Å². The first-order chi connectivity index (χ1) is 19.1. The lowest BCUT2D eigenvalue weighted by Crippen LogP contribution is -2.43. The lowest BCUT2D eigenvalue weighted by Gasteiger charge is -2.21. The van der Waals surface area contributed by atoms with Crippen LogP contribution in [0.15, 0.2) is 72.8 Å². The van der Waals surface area contributed by atoms with Crippen molar-refractivity contribution >= 4 is 18.0 Å². The number of hydrogen-bond acceptors (Lipinski definition) is 7. The fraction of sp³-hybridized carbons (Fsp3) is 0.344. The van der Waals surface area contributed by atoms with Gasteiger partial charge in [0.05, 0.1) is 7.11 Å². The number of nitrogens with one attached hydrogen (secondary N) is 1. The molecule has 40 heavy (non-hydrogen) atoms. The Morgan fingerprint density at radius 2 is 1.45 bits per heavy atom. The molecular formula is C32H35NO7. The molecule has 0 heterocycles. The fourth-order valence-corrected chi connectivity index (χ4v) is 4.66. The molecule has 8 heteroatoms. The Bertz CT molecular complexity index is 1300. The van der Waals surface area contributed by atoms with Crippen molar-refractivity contribution in [3.63, 3.8) is 0 Å². The number of esters is 2. The van der Waals surface area contributed by atoms with Gasteiger partial charge in [0.1, 0.15) is 30.6 Å². The Labute approximate surface area is 234 Å². The lowest BCUT2D eigenvalue weighted by molar-refractivity contribution is -0.155. The molecule has 0 saturated carbocycles. The minimum Gasteiger partial charge on any atom is -0.497 e. The summed E-state index contributed by atoms with van der Waals surface area (Å²) in [5.41, 5.74) is 4.48. The number of carbonyl (C=O) groups is 3. The Kier molecular flexibility index (Phi) is 9.09. The summed E-state index contributed by atoms with van der Waals surface area (Å²) < 4.78 is 21.6. The van der Waals surface area contributed by atoms with Gasteiger partial charge in [0.15, 0.2) is 0 Å². The maximum Gasteiger partial charge on any atom is 0.407 e. The first-order valence-electron chi connectivity index (χ1n) is 13.3. The van der Waals surface area contributed by atoms with Gasteiger partial charge in [0, 0.05) is 12.3 Å². The zero-order chi connectivity index (χ0) is 28.7. The minimum atomic E-state index is -1.10. The monoisotopic (exact) mass is 545 g/mol. The van der Waals surface area contributed by atoms with Gasteiger partial charge in [-0.3, -0.25) is 4.79 Å². The highest BCUT2D eigenvalue weighted by atomic mass is 16.6. The van der Waals surface area contributed by atoms with E-state index in [-0.39, 0.29) is 32.0 Å². The van der Waals surface area contributed by atoms with Crippen LogP contribution < -0.4 is 10.1 Å². The zero-order valence-electron chi connectivity index (χ0n) is 23.3. The van der Waals surface area contributed by atoms with Gasteiger partial charge in [-0.1, -0.05) is 60.7 Å². The molecule has 3 aromatic rings. The second kappa shape index (κ2) is 12.7. The first kappa shape index (κ1) is 28.7. The molecule has 3 aromatic carbocycles. The van der Waals surface area contributed by atoms with E-state index in [0.29, 0.717) is 5.75 Å². The summed E-state index contributed by atoms with van der Waals surface area (Å²) in [4.78, 5) is 38.2. The number of carbonyl (C=O) groups excluding carboxylic acids is 3. The highest BCUT2D eigenvalue weighted by Gasteiger charge is 2.30. The molecule has 1 N–H and O–H groups in total. The van der Waals surface area contributed by atoms with Gasteiger partial charge in [0.2, 0.25) is 0 Å². The van der Waals surface area contributed by atoms with Crippen LogP contribution in [0, 0.1) is 0 Å². The topological polar surface area (TPSA) is 100 Å². The predicted molar refractivity (Wildman–Crippen MR) is 150 cm³/mol. The predicted octanol–water partition coefficient (Wildman–Crippen LogP) is 5.77. The van der Waals surface area contributed by atoms with E-state index in [9.17, 15) is 14.4 Å². The number of hydrogen-bond donors (Lipinski definition) is 1. The third-order valence-electron chi connectivity index (χ3n) is 6.52. The largest absolute Gasteiger partial charge is 0.497 e.